The number of ether oxygens (including phenoxy) is 1. The van der Waals surface area contributed by atoms with Crippen LogP contribution in [-0.4, -0.2) is 49.5 Å². The van der Waals surface area contributed by atoms with Gasteiger partial charge in [0.05, 0.1) is 12.2 Å². The molecule has 6 nitrogen and oxygen atoms in total. The highest BCUT2D eigenvalue weighted by Crippen LogP contribution is 2.31. The molecule has 0 saturated carbocycles. The predicted octanol–water partition coefficient (Wildman–Crippen LogP) is 1.07. The van der Waals surface area contributed by atoms with Gasteiger partial charge in [0.15, 0.2) is 0 Å². The summed E-state index contributed by atoms with van der Waals surface area (Å²) in [5.74, 6) is 0.425. The van der Waals surface area contributed by atoms with Gasteiger partial charge < -0.3 is 10.1 Å². The Morgan fingerprint density at radius 3 is 2.75 bits per heavy atom. The van der Waals surface area contributed by atoms with Crippen molar-refractivity contribution in [3.63, 3.8) is 0 Å². The van der Waals surface area contributed by atoms with E-state index in [4.69, 9.17) is 4.74 Å². The summed E-state index contributed by atoms with van der Waals surface area (Å²) in [4.78, 5) is 4.39. The number of aromatic nitrogens is 1. The van der Waals surface area contributed by atoms with Gasteiger partial charge in [0.25, 0.3) is 0 Å². The number of hydrogen-bond donors (Lipinski definition) is 1. The van der Waals surface area contributed by atoms with Crippen LogP contribution in [0.1, 0.15) is 19.8 Å². The van der Waals surface area contributed by atoms with Crippen LogP contribution in [0.3, 0.4) is 0 Å². The minimum atomic E-state index is -3.51. The van der Waals surface area contributed by atoms with Crippen molar-refractivity contribution < 1.29 is 13.2 Å². The monoisotopic (exact) mass is 297 g/mol. The molecule has 3 heterocycles. The molecule has 2 unspecified atom stereocenters. The van der Waals surface area contributed by atoms with Crippen LogP contribution in [0.5, 0.6) is 0 Å². The van der Waals surface area contributed by atoms with Crippen molar-refractivity contribution in [2.75, 3.05) is 25.0 Å². The lowest BCUT2D eigenvalue weighted by atomic mass is 10.2. The smallest absolute Gasteiger partial charge is 0.246 e. The Morgan fingerprint density at radius 2 is 2.10 bits per heavy atom. The Morgan fingerprint density at radius 1 is 1.40 bits per heavy atom. The summed E-state index contributed by atoms with van der Waals surface area (Å²) in [6, 6.07) is 3.26. The molecule has 2 aliphatic heterocycles. The Bertz CT molecular complexity index is 578. The molecule has 1 aromatic rings. The highest BCUT2D eigenvalue weighted by Gasteiger charge is 2.40. The molecular formula is C13H19N3O3S. The van der Waals surface area contributed by atoms with Gasteiger partial charge in [-0.3, -0.25) is 0 Å². The largest absolute Gasteiger partial charge is 0.372 e. The van der Waals surface area contributed by atoms with E-state index in [9.17, 15) is 8.42 Å². The zero-order valence-electron chi connectivity index (χ0n) is 11.4. The van der Waals surface area contributed by atoms with Gasteiger partial charge >= 0.3 is 0 Å². The number of hydrogen-bond acceptors (Lipinski definition) is 5. The second-order valence-electron chi connectivity index (χ2n) is 5.16. The van der Waals surface area contributed by atoms with Gasteiger partial charge in [-0.2, -0.15) is 4.31 Å². The van der Waals surface area contributed by atoms with Gasteiger partial charge in [-0.15, -0.1) is 0 Å². The first-order valence-electron chi connectivity index (χ1n) is 6.95. The van der Waals surface area contributed by atoms with Crippen molar-refractivity contribution in [2.24, 2.45) is 0 Å². The van der Waals surface area contributed by atoms with E-state index >= 15 is 0 Å². The summed E-state index contributed by atoms with van der Waals surface area (Å²) < 4.78 is 32.8. The number of pyridine rings is 1. The Kier molecular flexibility index (Phi) is 3.66. The van der Waals surface area contributed by atoms with E-state index in [1.54, 1.807) is 18.3 Å². The molecule has 3 rings (SSSR count). The van der Waals surface area contributed by atoms with Crippen LogP contribution in [0, 0.1) is 0 Å². The Hall–Kier alpha value is -1.18. The van der Waals surface area contributed by atoms with Crippen LogP contribution < -0.4 is 5.32 Å². The molecule has 0 amide bonds. The van der Waals surface area contributed by atoms with E-state index < -0.39 is 10.0 Å². The second kappa shape index (κ2) is 5.31. The first-order valence-corrected chi connectivity index (χ1v) is 8.39. The van der Waals surface area contributed by atoms with Crippen LogP contribution in [0.15, 0.2) is 23.2 Å². The lowest BCUT2D eigenvalue weighted by molar-refractivity contribution is -0.0114. The Labute approximate surface area is 119 Å². The molecule has 2 atom stereocenters. The third kappa shape index (κ3) is 2.41. The van der Waals surface area contributed by atoms with Crippen LogP contribution in [0.2, 0.25) is 0 Å². The molecular weight excluding hydrogens is 278 g/mol. The van der Waals surface area contributed by atoms with Crippen molar-refractivity contribution in [1.29, 1.82) is 0 Å². The lowest BCUT2D eigenvalue weighted by Crippen LogP contribution is -2.45. The normalized spacial score (nSPS) is 26.6. The molecule has 20 heavy (non-hydrogen) atoms. The summed E-state index contributed by atoms with van der Waals surface area (Å²) in [6.45, 7) is 3.44. The molecule has 0 aliphatic carbocycles. The predicted molar refractivity (Wildman–Crippen MR) is 75.1 cm³/mol. The van der Waals surface area contributed by atoms with Crippen LogP contribution in [0.25, 0.3) is 0 Å². The molecule has 0 radical (unpaired) electrons. The van der Waals surface area contributed by atoms with Gasteiger partial charge in [-0.1, -0.05) is 0 Å². The fourth-order valence-corrected chi connectivity index (χ4v) is 4.43. The van der Waals surface area contributed by atoms with E-state index in [1.807, 2.05) is 6.92 Å². The highest BCUT2D eigenvalue weighted by molar-refractivity contribution is 7.89. The number of nitrogens with one attached hydrogen (secondary N) is 1. The summed E-state index contributed by atoms with van der Waals surface area (Å²) in [7, 11) is -3.51. The fourth-order valence-electron chi connectivity index (χ4n) is 2.81. The van der Waals surface area contributed by atoms with Gasteiger partial charge in [-0.05, 0) is 31.9 Å². The second-order valence-corrected chi connectivity index (χ2v) is 7.07. The molecule has 2 fully saturated rings. The maximum absolute atomic E-state index is 12.8. The third-order valence-corrected chi connectivity index (χ3v) is 5.61. The fraction of sp³-hybridized carbons (Fsp3) is 0.615. The first kappa shape index (κ1) is 13.8. The van der Waals surface area contributed by atoms with E-state index in [2.05, 4.69) is 10.3 Å². The maximum Gasteiger partial charge on any atom is 0.246 e. The quantitative estimate of drug-likeness (QED) is 0.900. The van der Waals surface area contributed by atoms with Gasteiger partial charge in [0.1, 0.15) is 10.7 Å². The average Bonchev–Trinajstić information content (AvgIpc) is 2.78. The summed E-state index contributed by atoms with van der Waals surface area (Å²) in [5.41, 5.74) is 0. The zero-order valence-corrected chi connectivity index (χ0v) is 12.3. The van der Waals surface area contributed by atoms with E-state index in [1.165, 1.54) is 4.31 Å². The third-order valence-electron chi connectivity index (χ3n) is 3.74. The number of sulfonamides is 1. The number of morpholine rings is 1. The topological polar surface area (TPSA) is 71.5 Å². The molecule has 7 heteroatoms. The molecule has 1 aromatic heterocycles. The minimum absolute atomic E-state index is 0.0442. The Balaban J connectivity index is 1.92. The zero-order chi connectivity index (χ0) is 14.2. The van der Waals surface area contributed by atoms with E-state index in [-0.39, 0.29) is 17.1 Å². The number of anilines is 1. The minimum Gasteiger partial charge on any atom is -0.372 e. The van der Waals surface area contributed by atoms with Crippen LogP contribution in [-0.2, 0) is 14.8 Å². The number of rotatable bonds is 4. The van der Waals surface area contributed by atoms with Gasteiger partial charge in [0.2, 0.25) is 10.0 Å². The van der Waals surface area contributed by atoms with Gasteiger partial charge in [0, 0.05) is 25.8 Å². The van der Waals surface area contributed by atoms with Crippen LogP contribution >= 0.6 is 0 Å². The van der Waals surface area contributed by atoms with Crippen LogP contribution in [0.4, 0.5) is 5.82 Å². The van der Waals surface area contributed by atoms with E-state index in [0.29, 0.717) is 25.5 Å². The lowest BCUT2D eigenvalue weighted by Gasteiger charge is -2.31. The molecule has 2 bridgehead atoms. The summed E-state index contributed by atoms with van der Waals surface area (Å²) >= 11 is 0. The van der Waals surface area contributed by atoms with Crippen molar-refractivity contribution in [1.82, 2.24) is 9.29 Å². The van der Waals surface area contributed by atoms with Crippen molar-refractivity contribution in [2.45, 2.75) is 36.9 Å². The number of fused-ring (bicyclic) bond motifs is 2. The van der Waals surface area contributed by atoms with Crippen molar-refractivity contribution in [3.05, 3.63) is 18.3 Å². The summed E-state index contributed by atoms with van der Waals surface area (Å²) in [6.07, 6.45) is 3.58. The van der Waals surface area contributed by atoms with E-state index in [0.717, 1.165) is 12.8 Å². The molecule has 1 N–H and O–H groups in total. The highest BCUT2D eigenvalue weighted by atomic mass is 32.2. The SMILES string of the molecule is CCNc1ncccc1S(=O)(=O)N1CC2CCC(C1)O2. The van der Waals surface area contributed by atoms with Crippen molar-refractivity contribution >= 4 is 15.8 Å². The first-order chi connectivity index (χ1) is 9.61. The molecule has 2 saturated heterocycles. The molecule has 2 aliphatic rings. The summed E-state index contributed by atoms with van der Waals surface area (Å²) in [5, 5.41) is 3.01. The average molecular weight is 297 g/mol. The van der Waals surface area contributed by atoms with Crippen molar-refractivity contribution in [3.8, 4) is 0 Å². The molecule has 110 valence electrons. The number of nitrogens with zero attached hydrogens (tertiary/aromatic N) is 2. The van der Waals surface area contributed by atoms with Gasteiger partial charge in [-0.25, -0.2) is 13.4 Å². The standard InChI is InChI=1S/C13H19N3O3S/c1-2-14-13-12(4-3-7-15-13)20(17,18)16-8-10-5-6-11(9-16)19-10/h3-4,7,10-11H,2,5-6,8-9H2,1H3,(H,14,15). The molecule has 0 spiro atoms. The maximum atomic E-state index is 12.8. The molecule has 0 aromatic carbocycles.